The molecular formula is C47H41IrN3O-2. The Balaban J connectivity index is 0.000000271. The molecule has 4 heterocycles. The minimum Gasteiger partial charge on any atom is -0.486 e. The summed E-state index contributed by atoms with van der Waals surface area (Å²) >= 11 is 0. The second-order valence-electron chi connectivity index (χ2n) is 13.6. The summed E-state index contributed by atoms with van der Waals surface area (Å²) in [5.74, 6) is 0. The van der Waals surface area contributed by atoms with Crippen LogP contribution in [0.5, 0.6) is 0 Å². The molecule has 8 rings (SSSR count). The van der Waals surface area contributed by atoms with Gasteiger partial charge in [-0.05, 0) is 89.9 Å². The Kier molecular flexibility index (Phi) is 9.11. The standard InChI is InChI=1S/C35H31N2O.C12H10N.Ir/c1-22-18-26(25-10-7-6-8-11-25)19-23(2)32(22)30-15-14-28-27-12-9-13-29(33(27)38-34(28)37-30)31-20-24(16-17-36-31)21-35(3,4)5;1-10-7-8-12(13-9-10)11-5-3-2-4-6-11;/h6-12,14-20H,21H2,1-5H3;2-5,7-9H,1H3;/q2*-1;/i21D2;1D3;. The molecule has 0 saturated heterocycles. The molecule has 0 saturated carbocycles. The maximum absolute atomic E-state index is 8.73. The van der Waals surface area contributed by atoms with E-state index in [-0.39, 0.29) is 25.7 Å². The van der Waals surface area contributed by atoms with Crippen LogP contribution in [0.15, 0.2) is 132 Å². The van der Waals surface area contributed by atoms with Gasteiger partial charge in [0, 0.05) is 50.3 Å². The first-order valence-corrected chi connectivity index (χ1v) is 16.9. The van der Waals surface area contributed by atoms with Crippen LogP contribution in [-0.4, -0.2) is 15.0 Å². The Labute approximate surface area is 327 Å². The second kappa shape index (κ2) is 15.6. The van der Waals surface area contributed by atoms with Gasteiger partial charge in [-0.3, -0.25) is 0 Å². The molecule has 0 aliphatic heterocycles. The molecule has 1 radical (unpaired) electrons. The van der Waals surface area contributed by atoms with Crippen molar-refractivity contribution in [3.05, 3.63) is 162 Å². The van der Waals surface area contributed by atoms with Gasteiger partial charge in [0.15, 0.2) is 0 Å². The van der Waals surface area contributed by atoms with Crippen LogP contribution in [0.25, 0.3) is 67.0 Å². The Morgan fingerprint density at radius 2 is 1.50 bits per heavy atom. The third-order valence-corrected chi connectivity index (χ3v) is 8.48. The number of hydrogen-bond donors (Lipinski definition) is 0. The zero-order valence-corrected chi connectivity index (χ0v) is 32.1. The van der Waals surface area contributed by atoms with E-state index in [1.165, 1.54) is 17.3 Å². The monoisotopic (exact) mass is 861 g/mol. The smallest absolute Gasteiger partial charge is 0.216 e. The largest absolute Gasteiger partial charge is 0.486 e. The molecule has 52 heavy (non-hydrogen) atoms. The van der Waals surface area contributed by atoms with Crippen LogP contribution in [0.4, 0.5) is 0 Å². The van der Waals surface area contributed by atoms with Crippen LogP contribution >= 0.6 is 0 Å². The van der Waals surface area contributed by atoms with Crippen molar-refractivity contribution in [2.24, 2.45) is 5.41 Å². The number of aromatic nitrogens is 3. The van der Waals surface area contributed by atoms with E-state index < -0.39 is 18.6 Å². The van der Waals surface area contributed by atoms with Crippen LogP contribution in [-0.2, 0) is 26.5 Å². The molecule has 8 aromatic rings. The van der Waals surface area contributed by atoms with Gasteiger partial charge in [0.05, 0.1) is 11.3 Å². The number of hydrogen-bond acceptors (Lipinski definition) is 4. The van der Waals surface area contributed by atoms with Crippen LogP contribution < -0.4 is 0 Å². The predicted octanol–water partition coefficient (Wildman–Crippen LogP) is 12.2. The van der Waals surface area contributed by atoms with E-state index in [1.54, 1.807) is 30.5 Å². The van der Waals surface area contributed by atoms with Crippen molar-refractivity contribution in [1.82, 2.24) is 15.0 Å². The molecule has 0 amide bonds. The topological polar surface area (TPSA) is 51.8 Å². The SMILES string of the molecule is [2H]C([2H])([2H])c1ccc(-c2[c-]cccc2)nc1.[2H]C([2H])(c1ccnc(-c2[c-]ccc3c2oc2nc(-c4c(C)cc(-c5ccccc5)cc4C)ccc23)c1)C(C)(C)C.[Ir]. The molecule has 4 aromatic heterocycles. The van der Waals surface area contributed by atoms with E-state index in [0.29, 0.717) is 28.1 Å². The second-order valence-corrected chi connectivity index (χ2v) is 13.6. The number of benzene rings is 4. The van der Waals surface area contributed by atoms with Crippen LogP contribution in [0.2, 0.25) is 0 Å². The van der Waals surface area contributed by atoms with Gasteiger partial charge in [-0.1, -0.05) is 97.9 Å². The van der Waals surface area contributed by atoms with Crippen molar-refractivity contribution in [3.8, 4) is 44.9 Å². The Hall–Kier alpha value is -5.22. The van der Waals surface area contributed by atoms with E-state index >= 15 is 0 Å². The van der Waals surface area contributed by atoms with Gasteiger partial charge in [0.25, 0.3) is 0 Å². The molecule has 261 valence electrons. The summed E-state index contributed by atoms with van der Waals surface area (Å²) in [5, 5.41) is 1.85. The van der Waals surface area contributed by atoms with Crippen molar-refractivity contribution < 1.29 is 31.4 Å². The van der Waals surface area contributed by atoms with Crippen molar-refractivity contribution in [1.29, 1.82) is 0 Å². The van der Waals surface area contributed by atoms with Gasteiger partial charge >= 0.3 is 0 Å². The maximum Gasteiger partial charge on any atom is 0.216 e. The molecule has 0 fully saturated rings. The quantitative estimate of drug-likeness (QED) is 0.162. The van der Waals surface area contributed by atoms with E-state index in [4.69, 9.17) is 16.3 Å². The van der Waals surface area contributed by atoms with E-state index in [9.17, 15) is 0 Å². The summed E-state index contributed by atoms with van der Waals surface area (Å²) in [6.07, 6.45) is 1.52. The number of pyridine rings is 3. The third kappa shape index (κ3) is 8.12. The van der Waals surface area contributed by atoms with Crippen molar-refractivity contribution in [3.63, 3.8) is 0 Å². The van der Waals surface area contributed by atoms with Gasteiger partial charge in [-0.25, -0.2) is 4.98 Å². The molecule has 0 N–H and O–H groups in total. The van der Waals surface area contributed by atoms with Gasteiger partial charge in [-0.15, -0.1) is 54.1 Å². The van der Waals surface area contributed by atoms with Gasteiger partial charge in [0.2, 0.25) is 5.71 Å². The van der Waals surface area contributed by atoms with Gasteiger partial charge in [-0.2, -0.15) is 0 Å². The average Bonchev–Trinajstić information content (AvgIpc) is 3.56. The molecule has 0 bridgehead atoms. The predicted molar refractivity (Wildman–Crippen MR) is 210 cm³/mol. The average molecular weight is 861 g/mol. The van der Waals surface area contributed by atoms with Crippen LogP contribution in [0, 0.1) is 38.2 Å². The maximum atomic E-state index is 8.73. The first kappa shape index (κ1) is 30.4. The summed E-state index contributed by atoms with van der Waals surface area (Å²) in [5.41, 5.74) is 11.0. The molecule has 0 aliphatic rings. The molecule has 0 aliphatic carbocycles. The summed E-state index contributed by atoms with van der Waals surface area (Å²) in [4.78, 5) is 13.7. The van der Waals surface area contributed by atoms with Gasteiger partial charge in [0.1, 0.15) is 0 Å². The van der Waals surface area contributed by atoms with Crippen molar-refractivity contribution in [2.45, 2.75) is 47.8 Å². The number of rotatable bonds is 5. The van der Waals surface area contributed by atoms with E-state index in [2.05, 4.69) is 84.5 Å². The summed E-state index contributed by atoms with van der Waals surface area (Å²) < 4.78 is 45.5. The molecule has 4 nitrogen and oxygen atoms in total. The fraction of sp³-hybridized carbons (Fsp3) is 0.170. The van der Waals surface area contributed by atoms with Crippen LogP contribution in [0.3, 0.4) is 0 Å². The van der Waals surface area contributed by atoms with Crippen molar-refractivity contribution >= 4 is 22.1 Å². The summed E-state index contributed by atoms with van der Waals surface area (Å²) in [6.45, 7) is 7.87. The summed E-state index contributed by atoms with van der Waals surface area (Å²) in [6, 6.07) is 43.4. The van der Waals surface area contributed by atoms with Crippen molar-refractivity contribution in [2.75, 3.05) is 0 Å². The van der Waals surface area contributed by atoms with Gasteiger partial charge < -0.3 is 14.4 Å². The molecule has 0 unspecified atom stereocenters. The number of aryl methyl sites for hydroxylation is 3. The van der Waals surface area contributed by atoms with E-state index in [0.717, 1.165) is 44.4 Å². The fourth-order valence-corrected chi connectivity index (χ4v) is 6.30. The number of nitrogens with zero attached hydrogens (tertiary/aromatic N) is 3. The first-order chi connectivity index (χ1) is 26.6. The number of fused-ring (bicyclic) bond motifs is 3. The fourth-order valence-electron chi connectivity index (χ4n) is 6.30. The van der Waals surface area contributed by atoms with Crippen LogP contribution in [0.1, 0.15) is 49.9 Å². The summed E-state index contributed by atoms with van der Waals surface area (Å²) in [7, 11) is 0. The Morgan fingerprint density at radius 1 is 0.731 bits per heavy atom. The Morgan fingerprint density at radius 3 is 2.19 bits per heavy atom. The number of furan rings is 1. The molecule has 4 aromatic carbocycles. The zero-order valence-electron chi connectivity index (χ0n) is 34.7. The molecule has 5 heteroatoms. The minimum atomic E-state index is -2.09. The molecule has 0 spiro atoms. The first-order valence-electron chi connectivity index (χ1n) is 19.4. The van der Waals surface area contributed by atoms with E-state index in [1.807, 2.05) is 63.2 Å². The molecular weight excluding hydrogens is 815 g/mol. The zero-order chi connectivity index (χ0) is 39.8. The minimum absolute atomic E-state index is 0. The normalized spacial score (nSPS) is 13.1. The molecule has 0 atom stereocenters. The third-order valence-electron chi connectivity index (χ3n) is 8.48. The Bertz CT molecular complexity index is 2630.